The molecule has 1 unspecified atom stereocenters. The second kappa shape index (κ2) is 6.44. The summed E-state index contributed by atoms with van der Waals surface area (Å²) in [5, 5.41) is 19.8. The molecule has 0 radical (unpaired) electrons. The Balaban J connectivity index is 2.08. The highest BCUT2D eigenvalue weighted by Gasteiger charge is 2.06. The van der Waals surface area contributed by atoms with Crippen LogP contribution in [0.2, 0.25) is 0 Å². The van der Waals surface area contributed by atoms with Crippen LogP contribution in [0.3, 0.4) is 0 Å². The molecule has 0 aliphatic heterocycles. The SMILES string of the molecule is CC(O)CNCCNC(=O)c1csnn1. The maximum absolute atomic E-state index is 11.3. The van der Waals surface area contributed by atoms with E-state index in [9.17, 15) is 4.79 Å². The van der Waals surface area contributed by atoms with E-state index < -0.39 is 0 Å². The Kier molecular flexibility index (Phi) is 5.16. The molecule has 84 valence electrons. The third-order valence-electron chi connectivity index (χ3n) is 1.62. The minimum Gasteiger partial charge on any atom is -0.392 e. The van der Waals surface area contributed by atoms with E-state index >= 15 is 0 Å². The van der Waals surface area contributed by atoms with Crippen molar-refractivity contribution in [3.63, 3.8) is 0 Å². The van der Waals surface area contributed by atoms with Gasteiger partial charge >= 0.3 is 0 Å². The van der Waals surface area contributed by atoms with Crippen molar-refractivity contribution >= 4 is 17.4 Å². The molecule has 1 aromatic rings. The molecule has 0 aromatic carbocycles. The van der Waals surface area contributed by atoms with Gasteiger partial charge in [0.05, 0.1) is 6.10 Å². The highest BCUT2D eigenvalue weighted by atomic mass is 32.1. The first-order valence-corrected chi connectivity index (χ1v) is 5.48. The van der Waals surface area contributed by atoms with Gasteiger partial charge in [-0.05, 0) is 18.5 Å². The first-order valence-electron chi connectivity index (χ1n) is 4.64. The van der Waals surface area contributed by atoms with Gasteiger partial charge in [-0.3, -0.25) is 4.79 Å². The Labute approximate surface area is 91.9 Å². The third kappa shape index (κ3) is 4.82. The van der Waals surface area contributed by atoms with E-state index in [1.807, 2.05) is 0 Å². The number of aromatic nitrogens is 2. The van der Waals surface area contributed by atoms with Gasteiger partial charge in [0.1, 0.15) is 0 Å². The zero-order chi connectivity index (χ0) is 11.1. The van der Waals surface area contributed by atoms with Crippen molar-refractivity contribution in [2.45, 2.75) is 13.0 Å². The third-order valence-corrected chi connectivity index (χ3v) is 2.12. The first-order chi connectivity index (χ1) is 7.20. The number of rotatable bonds is 6. The van der Waals surface area contributed by atoms with Gasteiger partial charge in [-0.1, -0.05) is 4.49 Å². The molecule has 15 heavy (non-hydrogen) atoms. The fourth-order valence-electron chi connectivity index (χ4n) is 0.929. The van der Waals surface area contributed by atoms with Crippen molar-refractivity contribution in [1.82, 2.24) is 20.2 Å². The van der Waals surface area contributed by atoms with Crippen LogP contribution in [0, 0.1) is 0 Å². The smallest absolute Gasteiger partial charge is 0.272 e. The van der Waals surface area contributed by atoms with Crippen LogP contribution in [0.4, 0.5) is 0 Å². The quantitative estimate of drug-likeness (QED) is 0.559. The van der Waals surface area contributed by atoms with Crippen LogP contribution < -0.4 is 10.6 Å². The van der Waals surface area contributed by atoms with E-state index in [0.717, 1.165) is 11.5 Å². The molecule has 6 nitrogen and oxygen atoms in total. The van der Waals surface area contributed by atoms with E-state index in [0.29, 0.717) is 25.3 Å². The largest absolute Gasteiger partial charge is 0.392 e. The average Bonchev–Trinajstić information content (AvgIpc) is 2.69. The zero-order valence-electron chi connectivity index (χ0n) is 8.43. The van der Waals surface area contributed by atoms with Gasteiger partial charge in [0.15, 0.2) is 5.69 Å². The van der Waals surface area contributed by atoms with Crippen LogP contribution in [0.5, 0.6) is 0 Å². The number of aliphatic hydroxyl groups excluding tert-OH is 1. The molecule has 1 rings (SSSR count). The predicted octanol–water partition coefficient (Wildman–Crippen LogP) is -0.762. The lowest BCUT2D eigenvalue weighted by atomic mass is 10.4. The predicted molar refractivity (Wildman–Crippen MR) is 56.8 cm³/mol. The highest BCUT2D eigenvalue weighted by molar-refractivity contribution is 7.03. The van der Waals surface area contributed by atoms with E-state index in [4.69, 9.17) is 5.11 Å². The lowest BCUT2D eigenvalue weighted by molar-refractivity contribution is 0.0948. The molecule has 0 saturated carbocycles. The van der Waals surface area contributed by atoms with Gasteiger partial charge in [-0.2, -0.15) is 0 Å². The van der Waals surface area contributed by atoms with Crippen molar-refractivity contribution in [2.75, 3.05) is 19.6 Å². The molecule has 0 bridgehead atoms. The van der Waals surface area contributed by atoms with Crippen LogP contribution in [-0.4, -0.2) is 46.3 Å². The maximum atomic E-state index is 11.3. The van der Waals surface area contributed by atoms with Crippen molar-refractivity contribution in [3.05, 3.63) is 11.1 Å². The first kappa shape index (κ1) is 12.0. The normalized spacial score (nSPS) is 12.4. The number of hydrogen-bond acceptors (Lipinski definition) is 6. The Morgan fingerprint density at radius 2 is 2.47 bits per heavy atom. The molecule has 0 spiro atoms. The standard InChI is InChI=1S/C8H14N4O2S/c1-6(13)4-9-2-3-10-8(14)7-5-15-12-11-7/h5-6,9,13H,2-4H2,1H3,(H,10,14). The Hall–Kier alpha value is -1.05. The molecule has 1 amide bonds. The van der Waals surface area contributed by atoms with E-state index in [-0.39, 0.29) is 12.0 Å². The molecule has 1 atom stereocenters. The summed E-state index contributed by atoms with van der Waals surface area (Å²) in [6.07, 6.45) is -0.372. The van der Waals surface area contributed by atoms with E-state index in [2.05, 4.69) is 20.2 Å². The molecule has 0 fully saturated rings. The molecular formula is C8H14N4O2S. The zero-order valence-corrected chi connectivity index (χ0v) is 9.25. The second-order valence-electron chi connectivity index (χ2n) is 3.10. The van der Waals surface area contributed by atoms with Gasteiger partial charge in [0.25, 0.3) is 5.91 Å². The van der Waals surface area contributed by atoms with Crippen LogP contribution in [0.15, 0.2) is 5.38 Å². The fraction of sp³-hybridized carbons (Fsp3) is 0.625. The number of amides is 1. The summed E-state index contributed by atoms with van der Waals surface area (Å²) in [7, 11) is 0. The van der Waals surface area contributed by atoms with E-state index in [1.165, 1.54) is 0 Å². The summed E-state index contributed by atoms with van der Waals surface area (Å²) < 4.78 is 3.59. The maximum Gasteiger partial charge on any atom is 0.272 e. The fourth-order valence-corrected chi connectivity index (χ4v) is 1.37. The number of hydrogen-bond donors (Lipinski definition) is 3. The minimum atomic E-state index is -0.372. The van der Waals surface area contributed by atoms with Gasteiger partial charge in [0.2, 0.25) is 0 Å². The number of nitrogens with zero attached hydrogens (tertiary/aromatic N) is 2. The topological polar surface area (TPSA) is 87.1 Å². The van der Waals surface area contributed by atoms with Gasteiger partial charge < -0.3 is 15.7 Å². The lowest BCUT2D eigenvalue weighted by Crippen LogP contribution is -2.34. The lowest BCUT2D eigenvalue weighted by Gasteiger charge is -2.06. The number of aliphatic hydroxyl groups is 1. The summed E-state index contributed by atoms with van der Waals surface area (Å²) >= 11 is 1.14. The molecule has 1 aromatic heterocycles. The van der Waals surface area contributed by atoms with Gasteiger partial charge in [-0.25, -0.2) is 0 Å². The Bertz CT molecular complexity index is 289. The van der Waals surface area contributed by atoms with Crippen LogP contribution in [0.25, 0.3) is 0 Å². The molecule has 0 aliphatic carbocycles. The summed E-state index contributed by atoms with van der Waals surface area (Å²) in [5.74, 6) is -0.220. The van der Waals surface area contributed by atoms with Crippen LogP contribution >= 0.6 is 11.5 Å². The molecular weight excluding hydrogens is 216 g/mol. The van der Waals surface area contributed by atoms with Crippen molar-refractivity contribution in [3.8, 4) is 0 Å². The van der Waals surface area contributed by atoms with Crippen molar-refractivity contribution < 1.29 is 9.90 Å². The molecule has 0 saturated heterocycles. The monoisotopic (exact) mass is 230 g/mol. The van der Waals surface area contributed by atoms with E-state index in [1.54, 1.807) is 12.3 Å². The van der Waals surface area contributed by atoms with Crippen LogP contribution in [0.1, 0.15) is 17.4 Å². The van der Waals surface area contributed by atoms with Gasteiger partial charge in [-0.15, -0.1) is 5.10 Å². The number of nitrogens with one attached hydrogen (secondary N) is 2. The summed E-state index contributed by atoms with van der Waals surface area (Å²) in [6.45, 7) is 3.35. The highest BCUT2D eigenvalue weighted by Crippen LogP contribution is 1.95. The minimum absolute atomic E-state index is 0.220. The van der Waals surface area contributed by atoms with Crippen molar-refractivity contribution in [1.29, 1.82) is 0 Å². The number of carbonyl (C=O) groups excluding carboxylic acids is 1. The number of carbonyl (C=O) groups is 1. The summed E-state index contributed by atoms with van der Waals surface area (Å²) in [6, 6.07) is 0. The van der Waals surface area contributed by atoms with Gasteiger partial charge in [0, 0.05) is 25.0 Å². The van der Waals surface area contributed by atoms with Crippen LogP contribution in [-0.2, 0) is 0 Å². The Morgan fingerprint density at radius 1 is 1.67 bits per heavy atom. The second-order valence-corrected chi connectivity index (χ2v) is 3.71. The summed E-state index contributed by atoms with van der Waals surface area (Å²) in [4.78, 5) is 11.3. The summed E-state index contributed by atoms with van der Waals surface area (Å²) in [5.41, 5.74) is 0.343. The van der Waals surface area contributed by atoms with Crippen molar-refractivity contribution in [2.24, 2.45) is 0 Å². The Morgan fingerprint density at radius 3 is 3.07 bits per heavy atom. The molecule has 7 heteroatoms. The average molecular weight is 230 g/mol. The molecule has 1 heterocycles. The molecule has 3 N–H and O–H groups in total. The molecule has 0 aliphatic rings.